The van der Waals surface area contributed by atoms with Crippen LogP contribution in [0.5, 0.6) is 0 Å². The normalized spacial score (nSPS) is 14.5. The Morgan fingerprint density at radius 2 is 2.08 bits per heavy atom. The van der Waals surface area contributed by atoms with Gasteiger partial charge in [0.2, 0.25) is 0 Å². The Bertz CT molecular complexity index is 397. The summed E-state index contributed by atoms with van der Waals surface area (Å²) < 4.78 is 2.11. The van der Waals surface area contributed by atoms with Crippen LogP contribution in [0.1, 0.15) is 16.8 Å². The van der Waals surface area contributed by atoms with Crippen LogP contribution in [0.4, 0.5) is 0 Å². The zero-order valence-corrected chi connectivity index (χ0v) is 8.07. The molecule has 0 aliphatic carbocycles. The Labute approximate surface area is 77.8 Å². The second kappa shape index (κ2) is 2.76. The van der Waals surface area contributed by atoms with Gasteiger partial charge in [-0.1, -0.05) is 0 Å². The van der Waals surface area contributed by atoms with E-state index < -0.39 is 0 Å². The van der Waals surface area contributed by atoms with E-state index in [0.29, 0.717) is 0 Å². The lowest BCUT2D eigenvalue weighted by molar-refractivity contribution is 0.879. The van der Waals surface area contributed by atoms with E-state index in [4.69, 9.17) is 0 Å². The van der Waals surface area contributed by atoms with Crippen molar-refractivity contribution in [3.05, 3.63) is 35.3 Å². The summed E-state index contributed by atoms with van der Waals surface area (Å²) in [5.74, 6) is 0. The first-order chi connectivity index (χ1) is 6.20. The van der Waals surface area contributed by atoms with Gasteiger partial charge in [-0.15, -0.1) is 0 Å². The number of hydrogen-bond donors (Lipinski definition) is 0. The topological polar surface area (TPSA) is 31.4 Å². The molecule has 1 aromatic heterocycles. The number of allylic oxidation sites excluding steroid dienone is 1. The Hall–Kier alpha value is -1.51. The van der Waals surface area contributed by atoms with E-state index in [1.807, 2.05) is 13.1 Å². The Morgan fingerprint density at radius 1 is 1.31 bits per heavy atom. The van der Waals surface area contributed by atoms with Gasteiger partial charge >= 0.3 is 0 Å². The fourth-order valence-electron chi connectivity index (χ4n) is 1.67. The van der Waals surface area contributed by atoms with Gasteiger partial charge in [0.1, 0.15) is 0 Å². The van der Waals surface area contributed by atoms with Crippen molar-refractivity contribution in [1.29, 1.82) is 0 Å². The van der Waals surface area contributed by atoms with Gasteiger partial charge in [-0.3, -0.25) is 0 Å². The SMILES string of the molecule is Cc1cn(C)c(C)c1C1=N[N]C=C1. The van der Waals surface area contributed by atoms with E-state index in [1.54, 1.807) is 6.20 Å². The fourth-order valence-corrected chi connectivity index (χ4v) is 1.67. The molecule has 3 nitrogen and oxygen atoms in total. The van der Waals surface area contributed by atoms with Crippen molar-refractivity contribution >= 4 is 5.71 Å². The third-order valence-corrected chi connectivity index (χ3v) is 2.39. The maximum absolute atomic E-state index is 4.06. The molecule has 0 unspecified atom stereocenters. The van der Waals surface area contributed by atoms with Gasteiger partial charge in [0.25, 0.3) is 0 Å². The van der Waals surface area contributed by atoms with E-state index >= 15 is 0 Å². The third-order valence-electron chi connectivity index (χ3n) is 2.39. The second-order valence-corrected chi connectivity index (χ2v) is 3.30. The van der Waals surface area contributed by atoms with E-state index in [-0.39, 0.29) is 0 Å². The van der Waals surface area contributed by atoms with Crippen LogP contribution < -0.4 is 5.43 Å². The summed E-state index contributed by atoms with van der Waals surface area (Å²) in [4.78, 5) is 0. The molecule has 13 heavy (non-hydrogen) atoms. The number of nitrogens with zero attached hydrogens (tertiary/aromatic N) is 3. The summed E-state index contributed by atoms with van der Waals surface area (Å²) in [7, 11) is 2.04. The van der Waals surface area contributed by atoms with Crippen LogP contribution in [-0.4, -0.2) is 10.3 Å². The van der Waals surface area contributed by atoms with Crippen LogP contribution in [0.2, 0.25) is 0 Å². The maximum atomic E-state index is 4.06. The number of aromatic nitrogens is 1. The lowest BCUT2D eigenvalue weighted by Crippen LogP contribution is -1.99. The van der Waals surface area contributed by atoms with Gasteiger partial charge in [0.15, 0.2) is 0 Å². The van der Waals surface area contributed by atoms with Gasteiger partial charge in [-0.05, 0) is 25.5 Å². The minimum atomic E-state index is 0.968. The largest absolute Gasteiger partial charge is 0.354 e. The number of aryl methyl sites for hydroxylation is 2. The highest BCUT2D eigenvalue weighted by molar-refractivity contribution is 6.11. The Kier molecular flexibility index (Phi) is 1.72. The van der Waals surface area contributed by atoms with Crippen molar-refractivity contribution in [1.82, 2.24) is 9.99 Å². The van der Waals surface area contributed by atoms with Crippen molar-refractivity contribution in [3.8, 4) is 0 Å². The average Bonchev–Trinajstić information content (AvgIpc) is 2.63. The van der Waals surface area contributed by atoms with E-state index in [2.05, 4.69) is 35.1 Å². The molecule has 1 aromatic rings. The molecule has 0 N–H and O–H groups in total. The molecule has 67 valence electrons. The van der Waals surface area contributed by atoms with E-state index in [1.165, 1.54) is 16.8 Å². The quantitative estimate of drug-likeness (QED) is 0.617. The lowest BCUT2D eigenvalue weighted by atomic mass is 10.1. The van der Waals surface area contributed by atoms with Crippen molar-refractivity contribution in [2.75, 3.05) is 0 Å². The predicted molar refractivity (Wildman–Crippen MR) is 52.7 cm³/mol. The van der Waals surface area contributed by atoms with Crippen LogP contribution in [0, 0.1) is 13.8 Å². The van der Waals surface area contributed by atoms with Crippen molar-refractivity contribution in [2.24, 2.45) is 12.1 Å². The first-order valence-electron chi connectivity index (χ1n) is 4.27. The third kappa shape index (κ3) is 1.16. The Morgan fingerprint density at radius 3 is 2.54 bits per heavy atom. The highest BCUT2D eigenvalue weighted by Crippen LogP contribution is 2.17. The van der Waals surface area contributed by atoms with Gasteiger partial charge in [0, 0.05) is 24.5 Å². The summed E-state index contributed by atoms with van der Waals surface area (Å²) >= 11 is 0. The molecule has 0 saturated carbocycles. The van der Waals surface area contributed by atoms with Crippen LogP contribution in [0.25, 0.3) is 0 Å². The second-order valence-electron chi connectivity index (χ2n) is 3.30. The average molecular weight is 174 g/mol. The minimum absolute atomic E-state index is 0.968. The lowest BCUT2D eigenvalue weighted by Gasteiger charge is -1.99. The molecule has 1 radical (unpaired) electrons. The zero-order valence-electron chi connectivity index (χ0n) is 8.07. The molecule has 0 spiro atoms. The van der Waals surface area contributed by atoms with E-state index in [0.717, 1.165) is 5.71 Å². The van der Waals surface area contributed by atoms with Crippen LogP contribution >= 0.6 is 0 Å². The van der Waals surface area contributed by atoms with Gasteiger partial charge in [0.05, 0.1) is 11.9 Å². The standard InChI is InChI=1S/C10H12N3/c1-7-6-13(3)8(2)10(7)9-4-5-11-12-9/h4-6H,1-3H3. The highest BCUT2D eigenvalue weighted by atomic mass is 15.3. The minimum Gasteiger partial charge on any atom is -0.354 e. The number of hydrogen-bond acceptors (Lipinski definition) is 1. The molecule has 0 aromatic carbocycles. The molecule has 1 aliphatic heterocycles. The maximum Gasteiger partial charge on any atom is 0.0965 e. The summed E-state index contributed by atoms with van der Waals surface area (Å²) in [6, 6.07) is 0. The molecule has 2 heterocycles. The molecule has 0 amide bonds. The van der Waals surface area contributed by atoms with Crippen molar-refractivity contribution < 1.29 is 0 Å². The van der Waals surface area contributed by atoms with Gasteiger partial charge < -0.3 is 4.57 Å². The Balaban J connectivity index is 2.56. The van der Waals surface area contributed by atoms with Crippen molar-refractivity contribution in [3.63, 3.8) is 0 Å². The monoisotopic (exact) mass is 174 g/mol. The summed E-state index contributed by atoms with van der Waals surface area (Å²) in [5.41, 5.74) is 8.49. The fraction of sp³-hybridized carbons (Fsp3) is 0.300. The summed E-state index contributed by atoms with van der Waals surface area (Å²) in [6.45, 7) is 4.19. The van der Waals surface area contributed by atoms with Gasteiger partial charge in [-0.25, -0.2) is 0 Å². The zero-order chi connectivity index (χ0) is 9.42. The van der Waals surface area contributed by atoms with Crippen LogP contribution in [0.15, 0.2) is 23.6 Å². The first kappa shape index (κ1) is 8.10. The predicted octanol–water partition coefficient (Wildman–Crippen LogP) is 1.48. The van der Waals surface area contributed by atoms with Crippen LogP contribution in [-0.2, 0) is 7.05 Å². The van der Waals surface area contributed by atoms with Crippen LogP contribution in [0.3, 0.4) is 0 Å². The molecular weight excluding hydrogens is 162 g/mol. The molecule has 0 fully saturated rings. The summed E-state index contributed by atoms with van der Waals surface area (Å²) in [5, 5.41) is 4.06. The smallest absolute Gasteiger partial charge is 0.0965 e. The van der Waals surface area contributed by atoms with Gasteiger partial charge in [-0.2, -0.15) is 10.5 Å². The van der Waals surface area contributed by atoms with E-state index in [9.17, 15) is 0 Å². The molecule has 0 bridgehead atoms. The summed E-state index contributed by atoms with van der Waals surface area (Å²) in [6.07, 6.45) is 5.77. The molecule has 0 saturated heterocycles. The molecular formula is C10H12N3. The number of rotatable bonds is 1. The molecule has 0 atom stereocenters. The molecule has 3 heteroatoms. The highest BCUT2D eigenvalue weighted by Gasteiger charge is 2.13. The molecule has 2 rings (SSSR count). The first-order valence-corrected chi connectivity index (χ1v) is 4.27. The molecule has 1 aliphatic rings. The van der Waals surface area contributed by atoms with Crippen molar-refractivity contribution in [2.45, 2.75) is 13.8 Å².